The number of benzene rings is 1. The highest BCUT2D eigenvalue weighted by Gasteiger charge is 2.37. The molecule has 0 aromatic heterocycles. The Bertz CT molecular complexity index is 529. The fourth-order valence-corrected chi connectivity index (χ4v) is 3.04. The van der Waals surface area contributed by atoms with Crippen molar-refractivity contribution >= 4 is 11.6 Å². The first-order valence-electron chi connectivity index (χ1n) is 7.88. The third kappa shape index (κ3) is 3.71. The van der Waals surface area contributed by atoms with Crippen LogP contribution in [0.3, 0.4) is 0 Å². The smallest absolute Gasteiger partial charge is 0.229 e. The molecule has 0 bridgehead atoms. The predicted molar refractivity (Wildman–Crippen MR) is 87.3 cm³/mol. The van der Waals surface area contributed by atoms with Crippen LogP contribution < -0.4 is 20.5 Å². The lowest BCUT2D eigenvalue weighted by Gasteiger charge is -2.37. The summed E-state index contributed by atoms with van der Waals surface area (Å²) in [4.78, 5) is 12.5. The van der Waals surface area contributed by atoms with Crippen LogP contribution in [0.2, 0.25) is 0 Å². The second kappa shape index (κ2) is 7.01. The van der Waals surface area contributed by atoms with E-state index in [4.69, 9.17) is 15.2 Å². The molecule has 5 nitrogen and oxygen atoms in total. The first-order valence-corrected chi connectivity index (χ1v) is 7.88. The SMILES string of the molecule is CCOc1ccc(NC(=O)C2CCCCC2(C)N)cc1OC. The lowest BCUT2D eigenvalue weighted by atomic mass is 9.74. The van der Waals surface area contributed by atoms with E-state index in [0.717, 1.165) is 25.7 Å². The molecule has 1 aromatic rings. The van der Waals surface area contributed by atoms with Crippen molar-refractivity contribution in [1.82, 2.24) is 0 Å². The zero-order valence-corrected chi connectivity index (χ0v) is 13.6. The Balaban J connectivity index is 2.11. The second-order valence-corrected chi connectivity index (χ2v) is 6.09. The quantitative estimate of drug-likeness (QED) is 0.877. The molecule has 0 heterocycles. The molecule has 0 aliphatic heterocycles. The Kier molecular flexibility index (Phi) is 5.29. The topological polar surface area (TPSA) is 73.6 Å². The maximum atomic E-state index is 12.5. The van der Waals surface area contributed by atoms with Crippen molar-refractivity contribution in [1.29, 1.82) is 0 Å². The van der Waals surface area contributed by atoms with Gasteiger partial charge < -0.3 is 20.5 Å². The molecule has 2 unspecified atom stereocenters. The van der Waals surface area contributed by atoms with Crippen LogP contribution in [-0.2, 0) is 4.79 Å². The van der Waals surface area contributed by atoms with E-state index in [1.165, 1.54) is 0 Å². The van der Waals surface area contributed by atoms with E-state index in [-0.39, 0.29) is 11.8 Å². The Morgan fingerprint density at radius 2 is 2.18 bits per heavy atom. The number of carbonyl (C=O) groups is 1. The maximum absolute atomic E-state index is 12.5. The van der Waals surface area contributed by atoms with E-state index < -0.39 is 5.54 Å². The molecule has 1 amide bonds. The lowest BCUT2D eigenvalue weighted by Crippen LogP contribution is -2.51. The Hall–Kier alpha value is -1.75. The molecule has 1 aromatic carbocycles. The summed E-state index contributed by atoms with van der Waals surface area (Å²) in [7, 11) is 1.58. The largest absolute Gasteiger partial charge is 0.493 e. The fourth-order valence-electron chi connectivity index (χ4n) is 3.04. The number of nitrogens with one attached hydrogen (secondary N) is 1. The highest BCUT2D eigenvalue weighted by atomic mass is 16.5. The zero-order valence-electron chi connectivity index (χ0n) is 13.6. The number of amides is 1. The van der Waals surface area contributed by atoms with Crippen molar-refractivity contribution < 1.29 is 14.3 Å². The van der Waals surface area contributed by atoms with Gasteiger partial charge in [0.1, 0.15) is 0 Å². The molecule has 5 heteroatoms. The summed E-state index contributed by atoms with van der Waals surface area (Å²) in [6, 6.07) is 5.40. The summed E-state index contributed by atoms with van der Waals surface area (Å²) in [5, 5.41) is 2.96. The number of anilines is 1. The highest BCUT2D eigenvalue weighted by Crippen LogP contribution is 2.34. The minimum atomic E-state index is -0.433. The van der Waals surface area contributed by atoms with Gasteiger partial charge in [-0.15, -0.1) is 0 Å². The van der Waals surface area contributed by atoms with Gasteiger partial charge in [-0.25, -0.2) is 0 Å². The number of hydrogen-bond donors (Lipinski definition) is 2. The van der Waals surface area contributed by atoms with Crippen molar-refractivity contribution in [2.75, 3.05) is 19.0 Å². The Morgan fingerprint density at radius 3 is 2.82 bits per heavy atom. The number of carbonyl (C=O) groups excluding carboxylic acids is 1. The summed E-state index contributed by atoms with van der Waals surface area (Å²) in [6.45, 7) is 4.45. The molecular weight excluding hydrogens is 280 g/mol. The number of ether oxygens (including phenoxy) is 2. The summed E-state index contributed by atoms with van der Waals surface area (Å²) >= 11 is 0. The number of rotatable bonds is 5. The van der Waals surface area contributed by atoms with Crippen molar-refractivity contribution in [3.05, 3.63) is 18.2 Å². The lowest BCUT2D eigenvalue weighted by molar-refractivity contribution is -0.122. The summed E-state index contributed by atoms with van der Waals surface area (Å²) in [5.74, 6) is 1.11. The van der Waals surface area contributed by atoms with Crippen LogP contribution in [-0.4, -0.2) is 25.2 Å². The van der Waals surface area contributed by atoms with Gasteiger partial charge in [0.2, 0.25) is 5.91 Å². The van der Waals surface area contributed by atoms with Crippen molar-refractivity contribution in [3.8, 4) is 11.5 Å². The standard InChI is InChI=1S/C17H26N2O3/c1-4-22-14-9-8-12(11-15(14)21-3)19-16(20)13-7-5-6-10-17(13,2)18/h8-9,11,13H,4-7,10,18H2,1-3H3,(H,19,20). The number of hydrogen-bond acceptors (Lipinski definition) is 4. The molecule has 1 fully saturated rings. The van der Waals surface area contributed by atoms with Gasteiger partial charge in [0.25, 0.3) is 0 Å². The average molecular weight is 306 g/mol. The van der Waals surface area contributed by atoms with Gasteiger partial charge >= 0.3 is 0 Å². The van der Waals surface area contributed by atoms with Gasteiger partial charge in [0, 0.05) is 17.3 Å². The molecule has 0 radical (unpaired) electrons. The van der Waals surface area contributed by atoms with Gasteiger partial charge in [-0.2, -0.15) is 0 Å². The van der Waals surface area contributed by atoms with Crippen molar-refractivity contribution in [3.63, 3.8) is 0 Å². The van der Waals surface area contributed by atoms with Crippen LogP contribution >= 0.6 is 0 Å². The molecule has 0 saturated heterocycles. The van der Waals surface area contributed by atoms with E-state index in [1.54, 1.807) is 19.2 Å². The van der Waals surface area contributed by atoms with E-state index in [2.05, 4.69) is 5.32 Å². The summed E-state index contributed by atoms with van der Waals surface area (Å²) in [6.07, 6.45) is 3.87. The van der Waals surface area contributed by atoms with E-state index in [0.29, 0.717) is 23.8 Å². The summed E-state index contributed by atoms with van der Waals surface area (Å²) in [5.41, 5.74) is 6.56. The Labute approximate surface area is 132 Å². The molecule has 22 heavy (non-hydrogen) atoms. The first-order chi connectivity index (χ1) is 10.5. The highest BCUT2D eigenvalue weighted by molar-refractivity contribution is 5.93. The minimum Gasteiger partial charge on any atom is -0.493 e. The van der Waals surface area contributed by atoms with Crippen molar-refractivity contribution in [2.45, 2.75) is 45.1 Å². The zero-order chi connectivity index (χ0) is 16.2. The van der Waals surface area contributed by atoms with Crippen LogP contribution in [0, 0.1) is 5.92 Å². The van der Waals surface area contributed by atoms with Crippen LogP contribution in [0.4, 0.5) is 5.69 Å². The molecule has 0 spiro atoms. The predicted octanol–water partition coefficient (Wildman–Crippen LogP) is 2.94. The molecule has 1 saturated carbocycles. The second-order valence-electron chi connectivity index (χ2n) is 6.09. The molecule has 1 aliphatic carbocycles. The third-order valence-corrected chi connectivity index (χ3v) is 4.30. The number of methoxy groups -OCH3 is 1. The first kappa shape index (κ1) is 16.6. The molecule has 1 aliphatic rings. The fraction of sp³-hybridized carbons (Fsp3) is 0.588. The van der Waals surface area contributed by atoms with Crippen LogP contribution in [0.15, 0.2) is 18.2 Å². The molecule has 2 atom stereocenters. The molecular formula is C17H26N2O3. The van der Waals surface area contributed by atoms with E-state index in [9.17, 15) is 4.79 Å². The van der Waals surface area contributed by atoms with Gasteiger partial charge in [0.05, 0.1) is 19.6 Å². The van der Waals surface area contributed by atoms with Crippen molar-refractivity contribution in [2.24, 2.45) is 11.7 Å². The maximum Gasteiger partial charge on any atom is 0.229 e. The van der Waals surface area contributed by atoms with Gasteiger partial charge in [-0.3, -0.25) is 4.79 Å². The van der Waals surface area contributed by atoms with E-state index in [1.807, 2.05) is 19.9 Å². The summed E-state index contributed by atoms with van der Waals surface area (Å²) < 4.78 is 10.8. The monoisotopic (exact) mass is 306 g/mol. The van der Waals surface area contributed by atoms with Crippen LogP contribution in [0.25, 0.3) is 0 Å². The normalized spacial score (nSPS) is 24.6. The minimum absolute atomic E-state index is 0.0177. The average Bonchev–Trinajstić information content (AvgIpc) is 2.48. The van der Waals surface area contributed by atoms with Crippen LogP contribution in [0.1, 0.15) is 39.5 Å². The molecule has 122 valence electrons. The number of nitrogens with two attached hydrogens (primary N) is 1. The molecule has 3 N–H and O–H groups in total. The van der Waals surface area contributed by atoms with Crippen LogP contribution in [0.5, 0.6) is 11.5 Å². The van der Waals surface area contributed by atoms with Gasteiger partial charge in [-0.05, 0) is 38.8 Å². The van der Waals surface area contributed by atoms with Gasteiger partial charge in [0.15, 0.2) is 11.5 Å². The molecule has 2 rings (SSSR count). The third-order valence-electron chi connectivity index (χ3n) is 4.30. The van der Waals surface area contributed by atoms with Gasteiger partial charge in [-0.1, -0.05) is 12.8 Å². The van der Waals surface area contributed by atoms with E-state index >= 15 is 0 Å². The Morgan fingerprint density at radius 1 is 1.41 bits per heavy atom.